The fourth-order valence-corrected chi connectivity index (χ4v) is 1.67. The van der Waals surface area contributed by atoms with Crippen LogP contribution in [0.2, 0.25) is 0 Å². The predicted octanol–water partition coefficient (Wildman–Crippen LogP) is 3.46. The van der Waals surface area contributed by atoms with Crippen molar-refractivity contribution in [3.05, 3.63) is 65.7 Å². The van der Waals surface area contributed by atoms with Crippen LogP contribution in [0.3, 0.4) is 0 Å². The monoisotopic (exact) mass is 233 g/mol. The molecule has 0 spiro atoms. The van der Waals surface area contributed by atoms with Crippen molar-refractivity contribution in [3.8, 4) is 17.2 Å². The topological polar surface area (TPSA) is 40.9 Å². The summed E-state index contributed by atoms with van der Waals surface area (Å²) in [4.78, 5) is 10.5. The minimum atomic E-state index is 0.127. The maximum atomic E-state index is 10.5. The van der Waals surface area contributed by atoms with E-state index in [2.05, 4.69) is 0 Å². The normalized spacial score (nSPS) is 10.7. The summed E-state index contributed by atoms with van der Waals surface area (Å²) >= 11 is 0. The van der Waals surface area contributed by atoms with Crippen LogP contribution < -0.4 is 0 Å². The van der Waals surface area contributed by atoms with Gasteiger partial charge >= 0.3 is 0 Å². The number of allylic oxidation sites excluding steroid dienone is 1. The van der Waals surface area contributed by atoms with Crippen LogP contribution in [0.1, 0.15) is 5.56 Å². The van der Waals surface area contributed by atoms with E-state index in [-0.39, 0.29) is 5.57 Å². The molecule has 2 rings (SSSR count). The zero-order valence-corrected chi connectivity index (χ0v) is 9.71. The average molecular weight is 233 g/mol. The third kappa shape index (κ3) is 2.72. The van der Waals surface area contributed by atoms with E-state index in [4.69, 9.17) is 5.26 Å². The number of hydrogen-bond acceptors (Lipinski definition) is 2. The molecule has 0 amide bonds. The second-order valence-corrected chi connectivity index (χ2v) is 3.82. The highest BCUT2D eigenvalue weighted by Crippen LogP contribution is 2.19. The molecule has 2 nitrogen and oxygen atoms in total. The summed E-state index contributed by atoms with van der Waals surface area (Å²) in [5, 5.41) is 8.67. The van der Waals surface area contributed by atoms with E-state index in [1.165, 1.54) is 0 Å². The van der Waals surface area contributed by atoms with Gasteiger partial charge in [-0.05, 0) is 22.8 Å². The molecule has 0 aromatic heterocycles. The van der Waals surface area contributed by atoms with E-state index in [0.29, 0.717) is 6.29 Å². The number of rotatable bonds is 3. The van der Waals surface area contributed by atoms with Gasteiger partial charge < -0.3 is 0 Å². The lowest BCUT2D eigenvalue weighted by molar-refractivity contribution is -0.104. The van der Waals surface area contributed by atoms with Gasteiger partial charge in [-0.25, -0.2) is 0 Å². The first-order valence-corrected chi connectivity index (χ1v) is 5.56. The summed E-state index contributed by atoms with van der Waals surface area (Å²) in [6, 6.07) is 19.6. The van der Waals surface area contributed by atoms with E-state index >= 15 is 0 Å². The molecule has 0 saturated carbocycles. The van der Waals surface area contributed by atoms with Gasteiger partial charge in [0.1, 0.15) is 6.07 Å². The van der Waals surface area contributed by atoms with Gasteiger partial charge in [0.25, 0.3) is 0 Å². The molecule has 0 fully saturated rings. The maximum absolute atomic E-state index is 10.5. The summed E-state index contributed by atoms with van der Waals surface area (Å²) in [5.74, 6) is 0. The van der Waals surface area contributed by atoms with Crippen molar-refractivity contribution in [2.24, 2.45) is 0 Å². The Morgan fingerprint density at radius 3 is 2.11 bits per heavy atom. The van der Waals surface area contributed by atoms with Crippen LogP contribution in [0.4, 0.5) is 0 Å². The molecule has 0 atom stereocenters. The highest BCUT2D eigenvalue weighted by atomic mass is 16.1. The molecule has 0 unspecified atom stereocenters. The van der Waals surface area contributed by atoms with Crippen LogP contribution in [0.5, 0.6) is 0 Å². The molecule has 2 aromatic carbocycles. The summed E-state index contributed by atoms with van der Waals surface area (Å²) in [6.07, 6.45) is 2.13. The number of nitriles is 1. The van der Waals surface area contributed by atoms with Gasteiger partial charge in [-0.1, -0.05) is 54.6 Å². The molecule has 0 saturated heterocycles. The Kier molecular flexibility index (Phi) is 3.68. The summed E-state index contributed by atoms with van der Waals surface area (Å²) < 4.78 is 0. The van der Waals surface area contributed by atoms with E-state index in [1.54, 1.807) is 6.08 Å². The van der Waals surface area contributed by atoms with Crippen LogP contribution >= 0.6 is 0 Å². The quantitative estimate of drug-likeness (QED) is 0.462. The minimum Gasteiger partial charge on any atom is -0.297 e. The zero-order chi connectivity index (χ0) is 12.8. The van der Waals surface area contributed by atoms with Crippen molar-refractivity contribution in [2.75, 3.05) is 0 Å². The SMILES string of the molecule is N#C/C(C=O)=C\c1ccc(-c2ccccc2)cc1. The van der Waals surface area contributed by atoms with Crippen molar-refractivity contribution in [2.45, 2.75) is 0 Å². The Hall–Kier alpha value is -2.66. The molecule has 0 aliphatic rings. The van der Waals surface area contributed by atoms with Crippen LogP contribution in [0.25, 0.3) is 17.2 Å². The van der Waals surface area contributed by atoms with Crippen molar-refractivity contribution >= 4 is 12.4 Å². The molecule has 2 aromatic rings. The van der Waals surface area contributed by atoms with Crippen molar-refractivity contribution in [3.63, 3.8) is 0 Å². The first-order chi connectivity index (χ1) is 8.83. The Balaban J connectivity index is 2.29. The number of carbonyl (C=O) groups excluding carboxylic acids is 1. The number of aldehydes is 1. The highest BCUT2D eigenvalue weighted by molar-refractivity contribution is 5.86. The van der Waals surface area contributed by atoms with Gasteiger partial charge in [0, 0.05) is 0 Å². The number of carbonyl (C=O) groups is 1. The average Bonchev–Trinajstić information content (AvgIpc) is 2.46. The standard InChI is InChI=1S/C16H11NO/c17-11-14(12-18)10-13-6-8-16(9-7-13)15-4-2-1-3-5-15/h1-10,12H/b14-10+. The van der Waals surface area contributed by atoms with Crippen LogP contribution in [-0.4, -0.2) is 6.29 Å². The Morgan fingerprint density at radius 1 is 0.944 bits per heavy atom. The van der Waals surface area contributed by atoms with Gasteiger partial charge in [0.05, 0.1) is 5.57 Å². The smallest absolute Gasteiger partial charge is 0.160 e. The van der Waals surface area contributed by atoms with Crippen LogP contribution in [0.15, 0.2) is 60.2 Å². The first kappa shape index (κ1) is 11.8. The molecular formula is C16H11NO. The molecule has 0 heterocycles. The Morgan fingerprint density at radius 2 is 1.56 bits per heavy atom. The van der Waals surface area contributed by atoms with Crippen LogP contribution in [0, 0.1) is 11.3 Å². The lowest BCUT2D eigenvalue weighted by Crippen LogP contribution is -1.81. The Bertz CT molecular complexity index is 604. The van der Waals surface area contributed by atoms with Gasteiger partial charge in [-0.15, -0.1) is 0 Å². The fraction of sp³-hybridized carbons (Fsp3) is 0. The van der Waals surface area contributed by atoms with Crippen LogP contribution in [-0.2, 0) is 4.79 Å². The number of benzene rings is 2. The minimum absolute atomic E-state index is 0.127. The highest BCUT2D eigenvalue weighted by Gasteiger charge is 1.97. The molecule has 0 aliphatic heterocycles. The van der Waals surface area contributed by atoms with E-state index < -0.39 is 0 Å². The van der Waals surface area contributed by atoms with Gasteiger partial charge in [-0.2, -0.15) is 5.26 Å². The molecule has 0 aliphatic carbocycles. The third-order valence-corrected chi connectivity index (χ3v) is 2.60. The van der Waals surface area contributed by atoms with Crippen molar-refractivity contribution < 1.29 is 4.79 Å². The largest absolute Gasteiger partial charge is 0.297 e. The third-order valence-electron chi connectivity index (χ3n) is 2.60. The molecule has 86 valence electrons. The van der Waals surface area contributed by atoms with E-state index in [1.807, 2.05) is 60.7 Å². The molecule has 2 heteroatoms. The molecule has 0 bridgehead atoms. The second-order valence-electron chi connectivity index (χ2n) is 3.82. The molecule has 18 heavy (non-hydrogen) atoms. The van der Waals surface area contributed by atoms with E-state index in [0.717, 1.165) is 16.7 Å². The van der Waals surface area contributed by atoms with Gasteiger partial charge in [0.2, 0.25) is 0 Å². The second kappa shape index (κ2) is 5.60. The molecular weight excluding hydrogens is 222 g/mol. The van der Waals surface area contributed by atoms with Gasteiger partial charge in [0.15, 0.2) is 6.29 Å². The lowest BCUT2D eigenvalue weighted by atomic mass is 10.0. The van der Waals surface area contributed by atoms with E-state index in [9.17, 15) is 4.79 Å². The number of nitrogens with zero attached hydrogens (tertiary/aromatic N) is 1. The lowest BCUT2D eigenvalue weighted by Gasteiger charge is -2.01. The predicted molar refractivity (Wildman–Crippen MR) is 71.5 cm³/mol. The number of hydrogen-bond donors (Lipinski definition) is 0. The molecule has 0 N–H and O–H groups in total. The van der Waals surface area contributed by atoms with Crippen molar-refractivity contribution in [1.29, 1.82) is 5.26 Å². The molecule has 0 radical (unpaired) electrons. The van der Waals surface area contributed by atoms with Crippen molar-refractivity contribution in [1.82, 2.24) is 0 Å². The summed E-state index contributed by atoms with van der Waals surface area (Å²) in [5.41, 5.74) is 3.22. The maximum Gasteiger partial charge on any atom is 0.160 e. The summed E-state index contributed by atoms with van der Waals surface area (Å²) in [6.45, 7) is 0. The zero-order valence-electron chi connectivity index (χ0n) is 9.71. The fourth-order valence-electron chi connectivity index (χ4n) is 1.67. The first-order valence-electron chi connectivity index (χ1n) is 5.56. The Labute approximate surface area is 106 Å². The summed E-state index contributed by atoms with van der Waals surface area (Å²) in [7, 11) is 0. The van der Waals surface area contributed by atoms with Gasteiger partial charge in [-0.3, -0.25) is 4.79 Å².